The van der Waals surface area contributed by atoms with Crippen molar-refractivity contribution in [2.45, 2.75) is 52.3 Å². The lowest BCUT2D eigenvalue weighted by atomic mass is 10.0. The van der Waals surface area contributed by atoms with Crippen molar-refractivity contribution in [2.24, 2.45) is 0 Å². The average Bonchev–Trinajstić information content (AvgIpc) is 2.74. The molecule has 2 N–H and O–H groups in total. The van der Waals surface area contributed by atoms with E-state index in [0.29, 0.717) is 24.1 Å². The number of nitrogens with one attached hydrogen (secondary N) is 1. The van der Waals surface area contributed by atoms with Gasteiger partial charge in [-0.25, -0.2) is 18.7 Å². The summed E-state index contributed by atoms with van der Waals surface area (Å²) in [4.78, 5) is 21.0. The number of hydrogen-bond acceptors (Lipinski definition) is 6. The van der Waals surface area contributed by atoms with Crippen LogP contribution in [0.3, 0.4) is 0 Å². The minimum absolute atomic E-state index is 0.0244. The summed E-state index contributed by atoms with van der Waals surface area (Å²) in [6.07, 6.45) is 0.806. The molecule has 170 valence electrons. The quantitative estimate of drug-likeness (QED) is 0.640. The summed E-state index contributed by atoms with van der Waals surface area (Å²) in [5, 5.41) is 13.1. The number of aromatic nitrogens is 3. The number of pyridine rings is 1. The Balaban J connectivity index is 1.86. The van der Waals surface area contributed by atoms with Crippen molar-refractivity contribution in [3.63, 3.8) is 0 Å². The van der Waals surface area contributed by atoms with Crippen LogP contribution in [0.1, 0.15) is 37.6 Å². The van der Waals surface area contributed by atoms with Crippen molar-refractivity contribution >= 4 is 16.9 Å². The van der Waals surface area contributed by atoms with Crippen molar-refractivity contribution in [3.8, 4) is 11.3 Å². The molecule has 1 fully saturated rings. The van der Waals surface area contributed by atoms with Gasteiger partial charge >= 0.3 is 0 Å². The van der Waals surface area contributed by atoms with Gasteiger partial charge in [0.1, 0.15) is 11.5 Å². The summed E-state index contributed by atoms with van der Waals surface area (Å²) < 4.78 is 37.0. The number of aliphatic hydroxyl groups excluding tert-OH is 1. The first-order valence-corrected chi connectivity index (χ1v) is 10.6. The highest BCUT2D eigenvalue weighted by Crippen LogP contribution is 2.30. The molecule has 1 saturated heterocycles. The van der Waals surface area contributed by atoms with Crippen LogP contribution in [-0.2, 0) is 4.74 Å². The topological polar surface area (TPSA) is 89.3 Å². The number of nitrogens with zero attached hydrogens (tertiary/aromatic N) is 3. The Labute approximate surface area is 184 Å². The normalized spacial score (nSPS) is 19.0. The molecule has 3 aromatic rings. The second kappa shape index (κ2) is 8.55. The van der Waals surface area contributed by atoms with E-state index in [2.05, 4.69) is 15.3 Å². The maximum absolute atomic E-state index is 15.2. The van der Waals surface area contributed by atoms with E-state index in [4.69, 9.17) is 4.74 Å². The Hall–Kier alpha value is -2.91. The van der Waals surface area contributed by atoms with Crippen LogP contribution in [0.5, 0.6) is 0 Å². The average molecular weight is 444 g/mol. The molecule has 7 nitrogen and oxygen atoms in total. The van der Waals surface area contributed by atoms with Crippen LogP contribution >= 0.6 is 0 Å². The molecule has 1 aliphatic heterocycles. The number of anilines is 1. The van der Waals surface area contributed by atoms with Gasteiger partial charge in [-0.05, 0) is 46.2 Å². The summed E-state index contributed by atoms with van der Waals surface area (Å²) in [7, 11) is 0. The second-order valence-corrected chi connectivity index (χ2v) is 8.43. The zero-order valence-corrected chi connectivity index (χ0v) is 18.4. The van der Waals surface area contributed by atoms with Crippen LogP contribution in [0.2, 0.25) is 0 Å². The lowest BCUT2D eigenvalue weighted by molar-refractivity contribution is -0.0136. The zero-order valence-electron chi connectivity index (χ0n) is 18.4. The SMILES string of the molecule is Cc1c(C)n(C(C)C)c2cc(-c3nc(N[C@@H]4CCOC[C@H]4O)ncc3F)cc(F)c2c1=O. The van der Waals surface area contributed by atoms with E-state index in [9.17, 15) is 14.3 Å². The minimum Gasteiger partial charge on any atom is -0.389 e. The molecule has 4 rings (SSSR count). The highest BCUT2D eigenvalue weighted by Gasteiger charge is 2.25. The number of halogens is 2. The first kappa shape index (κ1) is 22.3. The Morgan fingerprint density at radius 1 is 1.25 bits per heavy atom. The standard InChI is InChI=1S/C23H26F2N4O3/c1-11(2)29-13(4)12(3)22(31)20-15(24)7-14(8-18(20)29)21-16(25)9-26-23(28-21)27-17-5-6-32-10-19(17)30/h7-9,11,17,19,30H,5-6,10H2,1-4H3,(H,26,27,28)/t17-,19-/m1/s1. The molecule has 0 aliphatic carbocycles. The van der Waals surface area contributed by atoms with E-state index in [1.165, 1.54) is 0 Å². The number of aliphatic hydroxyl groups is 1. The molecule has 3 heterocycles. The summed E-state index contributed by atoms with van der Waals surface area (Å²) in [6, 6.07) is 2.33. The van der Waals surface area contributed by atoms with Crippen LogP contribution < -0.4 is 10.7 Å². The molecule has 32 heavy (non-hydrogen) atoms. The van der Waals surface area contributed by atoms with Gasteiger partial charge in [0.25, 0.3) is 0 Å². The molecular formula is C23H26F2N4O3. The van der Waals surface area contributed by atoms with Crippen molar-refractivity contribution in [1.29, 1.82) is 0 Å². The van der Waals surface area contributed by atoms with Gasteiger partial charge in [0.15, 0.2) is 11.2 Å². The third kappa shape index (κ3) is 3.86. The number of hydrogen-bond donors (Lipinski definition) is 2. The van der Waals surface area contributed by atoms with E-state index in [1.54, 1.807) is 13.0 Å². The molecule has 0 saturated carbocycles. The van der Waals surface area contributed by atoms with Crippen LogP contribution in [0, 0.1) is 25.5 Å². The predicted octanol–water partition coefficient (Wildman–Crippen LogP) is 3.50. The van der Waals surface area contributed by atoms with E-state index < -0.39 is 17.7 Å². The minimum atomic E-state index is -0.745. The van der Waals surface area contributed by atoms with Gasteiger partial charge in [-0.1, -0.05) is 0 Å². The maximum atomic E-state index is 15.2. The fourth-order valence-electron chi connectivity index (χ4n) is 4.22. The van der Waals surface area contributed by atoms with Gasteiger partial charge in [0, 0.05) is 29.5 Å². The fourth-order valence-corrected chi connectivity index (χ4v) is 4.22. The molecule has 2 atom stereocenters. The largest absolute Gasteiger partial charge is 0.389 e. The van der Waals surface area contributed by atoms with Gasteiger partial charge in [0.2, 0.25) is 5.95 Å². The van der Waals surface area contributed by atoms with Crippen LogP contribution in [0.4, 0.5) is 14.7 Å². The second-order valence-electron chi connectivity index (χ2n) is 8.43. The van der Waals surface area contributed by atoms with Crippen molar-refractivity contribution < 1.29 is 18.6 Å². The molecular weight excluding hydrogens is 418 g/mol. The van der Waals surface area contributed by atoms with Gasteiger partial charge in [-0.2, -0.15) is 0 Å². The van der Waals surface area contributed by atoms with Gasteiger partial charge in [-0.3, -0.25) is 4.79 Å². The molecule has 1 aromatic carbocycles. The molecule has 0 unspecified atom stereocenters. The number of benzene rings is 1. The predicted molar refractivity (Wildman–Crippen MR) is 118 cm³/mol. The summed E-state index contributed by atoms with van der Waals surface area (Å²) >= 11 is 0. The van der Waals surface area contributed by atoms with Gasteiger partial charge in [-0.15, -0.1) is 0 Å². The molecule has 0 spiro atoms. The third-order valence-electron chi connectivity index (χ3n) is 5.98. The molecule has 0 radical (unpaired) electrons. The summed E-state index contributed by atoms with van der Waals surface area (Å²) in [6.45, 7) is 8.03. The summed E-state index contributed by atoms with van der Waals surface area (Å²) in [5.74, 6) is -1.33. The van der Waals surface area contributed by atoms with Crippen molar-refractivity contribution in [2.75, 3.05) is 18.5 Å². The van der Waals surface area contributed by atoms with Crippen LogP contribution in [0.15, 0.2) is 23.1 Å². The Bertz CT molecular complexity index is 1240. The van der Waals surface area contributed by atoms with Crippen LogP contribution in [0.25, 0.3) is 22.2 Å². The first-order valence-electron chi connectivity index (χ1n) is 10.6. The molecule has 0 amide bonds. The van der Waals surface area contributed by atoms with Crippen molar-refractivity contribution in [1.82, 2.24) is 14.5 Å². The maximum Gasteiger partial charge on any atom is 0.223 e. The Kier molecular flexibility index (Phi) is 5.96. The van der Waals surface area contributed by atoms with Gasteiger partial charge < -0.3 is 19.7 Å². The fraction of sp³-hybridized carbons (Fsp3) is 0.435. The third-order valence-corrected chi connectivity index (χ3v) is 5.98. The Morgan fingerprint density at radius 3 is 2.69 bits per heavy atom. The number of rotatable bonds is 4. The van der Waals surface area contributed by atoms with E-state index in [1.807, 2.05) is 25.3 Å². The smallest absolute Gasteiger partial charge is 0.223 e. The molecule has 2 aromatic heterocycles. The monoisotopic (exact) mass is 444 g/mol. The Morgan fingerprint density at radius 2 is 2.00 bits per heavy atom. The highest BCUT2D eigenvalue weighted by atomic mass is 19.1. The highest BCUT2D eigenvalue weighted by molar-refractivity contribution is 5.86. The lowest BCUT2D eigenvalue weighted by Crippen LogP contribution is -2.42. The molecule has 0 bridgehead atoms. The summed E-state index contributed by atoms with van der Waals surface area (Å²) in [5.41, 5.74) is 1.32. The van der Waals surface area contributed by atoms with Crippen molar-refractivity contribution in [3.05, 3.63) is 51.4 Å². The van der Waals surface area contributed by atoms with Gasteiger partial charge in [0.05, 0.1) is 35.9 Å². The molecule has 1 aliphatic rings. The van der Waals surface area contributed by atoms with E-state index in [0.717, 1.165) is 18.0 Å². The molecule has 9 heteroatoms. The van der Waals surface area contributed by atoms with Crippen LogP contribution in [-0.4, -0.2) is 45.0 Å². The van der Waals surface area contributed by atoms with E-state index >= 15 is 4.39 Å². The van der Waals surface area contributed by atoms with E-state index in [-0.39, 0.29) is 46.7 Å². The lowest BCUT2D eigenvalue weighted by Gasteiger charge is -2.28. The zero-order chi connectivity index (χ0) is 23.2. The number of ether oxygens (including phenoxy) is 1. The first-order chi connectivity index (χ1) is 15.2. The number of fused-ring (bicyclic) bond motifs is 1.